The van der Waals surface area contributed by atoms with Gasteiger partial charge in [-0.15, -0.1) is 0 Å². The van der Waals surface area contributed by atoms with Crippen LogP contribution in [0.3, 0.4) is 0 Å². The molecule has 24 heavy (non-hydrogen) atoms. The summed E-state index contributed by atoms with van der Waals surface area (Å²) in [6.45, 7) is 2.49. The molecule has 2 aromatic carbocycles. The molecule has 1 unspecified atom stereocenters. The molecule has 3 rings (SSSR count). The average molecular weight is 326 g/mol. The number of oxime groups is 1. The quantitative estimate of drug-likeness (QED) is 0.668. The highest BCUT2D eigenvalue weighted by atomic mass is 16.5. The fourth-order valence-corrected chi connectivity index (χ4v) is 2.59. The summed E-state index contributed by atoms with van der Waals surface area (Å²) in [5.74, 6) is 0.369. The van der Waals surface area contributed by atoms with Crippen LogP contribution in [0, 0.1) is 5.92 Å². The van der Waals surface area contributed by atoms with Gasteiger partial charge in [-0.1, -0.05) is 23.4 Å². The summed E-state index contributed by atoms with van der Waals surface area (Å²) in [6, 6.07) is 14.5. The Morgan fingerprint density at radius 3 is 2.75 bits per heavy atom. The second kappa shape index (κ2) is 7.04. The topological polar surface area (TPSA) is 80.2 Å². The third-order valence-corrected chi connectivity index (χ3v) is 3.76. The Morgan fingerprint density at radius 2 is 2.04 bits per heavy atom. The molecule has 0 saturated carbocycles. The van der Waals surface area contributed by atoms with E-state index in [4.69, 9.17) is 14.7 Å². The molecule has 1 heterocycles. The van der Waals surface area contributed by atoms with Crippen LogP contribution in [0.5, 0.6) is 11.5 Å². The number of amides is 1. The number of carbonyl (C=O) groups excluding carboxylic acids is 1. The third kappa shape index (κ3) is 3.32. The molecule has 1 aliphatic heterocycles. The second-order valence-corrected chi connectivity index (χ2v) is 5.35. The fraction of sp³-hybridized carbons (Fsp3) is 0.222. The molecule has 2 aromatic rings. The predicted octanol–water partition coefficient (Wildman–Crippen LogP) is 3.06. The maximum absolute atomic E-state index is 12.5. The van der Waals surface area contributed by atoms with Crippen molar-refractivity contribution in [2.24, 2.45) is 11.1 Å². The molecule has 0 spiro atoms. The molecule has 0 radical (unpaired) electrons. The van der Waals surface area contributed by atoms with Crippen LogP contribution in [0.4, 0.5) is 5.69 Å². The van der Waals surface area contributed by atoms with Crippen molar-refractivity contribution >= 4 is 17.5 Å². The Bertz CT molecular complexity index is 756. The molecule has 124 valence electrons. The van der Waals surface area contributed by atoms with Crippen molar-refractivity contribution in [1.82, 2.24) is 0 Å². The first kappa shape index (κ1) is 15.9. The summed E-state index contributed by atoms with van der Waals surface area (Å²) in [7, 11) is 0. The van der Waals surface area contributed by atoms with Crippen molar-refractivity contribution in [3.05, 3.63) is 54.1 Å². The van der Waals surface area contributed by atoms with E-state index in [9.17, 15) is 4.79 Å². The monoisotopic (exact) mass is 326 g/mol. The Kier molecular flexibility index (Phi) is 4.65. The van der Waals surface area contributed by atoms with Gasteiger partial charge in [-0.25, -0.2) is 0 Å². The minimum absolute atomic E-state index is 0.00265. The summed E-state index contributed by atoms with van der Waals surface area (Å²) in [6.07, 6.45) is 0.415. The Balaban J connectivity index is 1.74. The van der Waals surface area contributed by atoms with E-state index in [1.165, 1.54) is 0 Å². The maximum Gasteiger partial charge on any atom is 0.243 e. The fourth-order valence-electron chi connectivity index (χ4n) is 2.59. The van der Waals surface area contributed by atoms with Crippen molar-refractivity contribution in [1.29, 1.82) is 0 Å². The number of benzene rings is 2. The first-order valence-electron chi connectivity index (χ1n) is 7.72. The molecule has 2 N–H and O–H groups in total. The molecule has 0 fully saturated rings. The van der Waals surface area contributed by atoms with E-state index in [1.807, 2.05) is 25.1 Å². The summed E-state index contributed by atoms with van der Waals surface area (Å²) in [4.78, 5) is 12.5. The molecular weight excluding hydrogens is 308 g/mol. The van der Waals surface area contributed by atoms with E-state index in [2.05, 4.69) is 10.5 Å². The second-order valence-electron chi connectivity index (χ2n) is 5.35. The largest absolute Gasteiger partial charge is 0.494 e. The van der Waals surface area contributed by atoms with E-state index in [0.29, 0.717) is 24.5 Å². The standard InChI is InChI=1S/C18H18N2O4/c1-2-23-14-9-7-13(8-10-14)19-17(21)15-11-12-5-3-4-6-16(12)24-18(15)20-22/h3-10,15,22H,2,11H2,1H3,(H,19,21). The molecule has 1 amide bonds. The van der Waals surface area contributed by atoms with Crippen LogP contribution in [0.1, 0.15) is 12.5 Å². The normalized spacial score (nSPS) is 17.7. The molecule has 0 saturated heterocycles. The minimum atomic E-state index is -0.684. The van der Waals surface area contributed by atoms with Crippen molar-refractivity contribution < 1.29 is 19.5 Å². The van der Waals surface area contributed by atoms with E-state index < -0.39 is 5.92 Å². The van der Waals surface area contributed by atoms with Crippen molar-refractivity contribution in [3.63, 3.8) is 0 Å². The van der Waals surface area contributed by atoms with Crippen LogP contribution in [0.25, 0.3) is 0 Å². The number of nitrogens with one attached hydrogen (secondary N) is 1. The van der Waals surface area contributed by atoms with Crippen LogP contribution in [0.2, 0.25) is 0 Å². The van der Waals surface area contributed by atoms with Crippen LogP contribution >= 0.6 is 0 Å². The van der Waals surface area contributed by atoms with E-state index in [1.54, 1.807) is 30.3 Å². The maximum atomic E-state index is 12.5. The van der Waals surface area contributed by atoms with Gasteiger partial charge in [0.15, 0.2) is 0 Å². The van der Waals surface area contributed by atoms with Crippen LogP contribution in [-0.2, 0) is 11.2 Å². The van der Waals surface area contributed by atoms with Crippen LogP contribution < -0.4 is 14.8 Å². The molecule has 0 aliphatic carbocycles. The van der Waals surface area contributed by atoms with Gasteiger partial charge in [0, 0.05) is 5.69 Å². The SMILES string of the molecule is CCOc1ccc(NC(=O)C2Cc3ccccc3OC2=NO)cc1. The zero-order valence-corrected chi connectivity index (χ0v) is 13.2. The molecule has 6 nitrogen and oxygen atoms in total. The highest BCUT2D eigenvalue weighted by Crippen LogP contribution is 2.29. The number of carbonyl (C=O) groups is 1. The number of nitrogens with zero attached hydrogens (tertiary/aromatic N) is 1. The Morgan fingerprint density at radius 1 is 1.29 bits per heavy atom. The molecular formula is C18H18N2O4. The lowest BCUT2D eigenvalue weighted by Crippen LogP contribution is -2.37. The number of para-hydroxylation sites is 1. The van der Waals surface area contributed by atoms with Gasteiger partial charge < -0.3 is 20.0 Å². The summed E-state index contributed by atoms with van der Waals surface area (Å²) >= 11 is 0. The lowest BCUT2D eigenvalue weighted by molar-refractivity contribution is -0.118. The number of fused-ring (bicyclic) bond motifs is 1. The van der Waals surface area contributed by atoms with E-state index >= 15 is 0 Å². The van der Waals surface area contributed by atoms with Gasteiger partial charge in [0.2, 0.25) is 11.8 Å². The van der Waals surface area contributed by atoms with E-state index in [-0.39, 0.29) is 11.8 Å². The number of ether oxygens (including phenoxy) is 2. The zero-order chi connectivity index (χ0) is 16.9. The zero-order valence-electron chi connectivity index (χ0n) is 13.2. The summed E-state index contributed by atoms with van der Waals surface area (Å²) in [5.41, 5.74) is 1.54. The molecule has 0 aromatic heterocycles. The summed E-state index contributed by atoms with van der Waals surface area (Å²) in [5, 5.41) is 15.1. The minimum Gasteiger partial charge on any atom is -0.494 e. The first-order valence-corrected chi connectivity index (χ1v) is 7.72. The third-order valence-electron chi connectivity index (χ3n) is 3.76. The molecule has 6 heteroatoms. The predicted molar refractivity (Wildman–Crippen MR) is 89.7 cm³/mol. The number of hydrogen-bond donors (Lipinski definition) is 2. The summed E-state index contributed by atoms with van der Waals surface area (Å²) < 4.78 is 10.9. The first-order chi connectivity index (χ1) is 11.7. The van der Waals surface area contributed by atoms with E-state index in [0.717, 1.165) is 11.3 Å². The van der Waals surface area contributed by atoms with Gasteiger partial charge in [-0.3, -0.25) is 4.79 Å². The van der Waals surface area contributed by atoms with Crippen molar-refractivity contribution in [3.8, 4) is 11.5 Å². The van der Waals surface area contributed by atoms with Gasteiger partial charge in [-0.05, 0) is 49.2 Å². The van der Waals surface area contributed by atoms with Gasteiger partial charge >= 0.3 is 0 Å². The van der Waals surface area contributed by atoms with Crippen molar-refractivity contribution in [2.45, 2.75) is 13.3 Å². The molecule has 1 atom stereocenters. The number of anilines is 1. The molecule has 1 aliphatic rings. The average Bonchev–Trinajstić information content (AvgIpc) is 2.62. The number of hydrogen-bond acceptors (Lipinski definition) is 5. The van der Waals surface area contributed by atoms with Gasteiger partial charge in [-0.2, -0.15) is 0 Å². The lowest BCUT2D eigenvalue weighted by Gasteiger charge is -2.24. The van der Waals surface area contributed by atoms with Crippen LogP contribution in [0.15, 0.2) is 53.7 Å². The van der Waals surface area contributed by atoms with Crippen LogP contribution in [-0.4, -0.2) is 23.6 Å². The Hall–Kier alpha value is -3.02. The highest BCUT2D eigenvalue weighted by molar-refractivity contribution is 6.07. The number of rotatable bonds is 4. The highest BCUT2D eigenvalue weighted by Gasteiger charge is 2.33. The molecule has 0 bridgehead atoms. The van der Waals surface area contributed by atoms with Crippen molar-refractivity contribution in [2.75, 3.05) is 11.9 Å². The Labute approximate surface area is 139 Å². The lowest BCUT2D eigenvalue weighted by atomic mass is 9.95. The van der Waals surface area contributed by atoms with Gasteiger partial charge in [0.05, 0.1) is 6.61 Å². The smallest absolute Gasteiger partial charge is 0.243 e. The van der Waals surface area contributed by atoms with Gasteiger partial charge in [0.1, 0.15) is 17.4 Å². The van der Waals surface area contributed by atoms with Gasteiger partial charge in [0.25, 0.3) is 0 Å².